The second kappa shape index (κ2) is 10.5. The second-order valence-corrected chi connectivity index (χ2v) is 9.03. The number of rotatable bonds is 10. The maximum Gasteiger partial charge on any atom is 0.408 e. The summed E-state index contributed by atoms with van der Waals surface area (Å²) in [6, 6.07) is 19.7. The van der Waals surface area contributed by atoms with Gasteiger partial charge in [0.15, 0.2) is 5.54 Å². The molecule has 4 rings (SSSR count). The fraction of sp³-hybridized carbons (Fsp3) is 0.286. The molecule has 0 saturated heterocycles. The Kier molecular flexibility index (Phi) is 7.18. The van der Waals surface area contributed by atoms with E-state index >= 15 is 0 Å². The van der Waals surface area contributed by atoms with E-state index in [2.05, 4.69) is 10.6 Å². The van der Waals surface area contributed by atoms with Crippen molar-refractivity contribution in [3.63, 3.8) is 0 Å². The average Bonchev–Trinajstić information content (AvgIpc) is 3.18. The van der Waals surface area contributed by atoms with Crippen molar-refractivity contribution in [3.8, 4) is 0 Å². The van der Waals surface area contributed by atoms with Crippen LogP contribution in [-0.4, -0.2) is 24.0 Å². The van der Waals surface area contributed by atoms with Crippen LogP contribution in [-0.2, 0) is 32.9 Å². The van der Waals surface area contributed by atoms with Crippen LogP contribution >= 0.6 is 0 Å². The van der Waals surface area contributed by atoms with Crippen LogP contribution in [0.3, 0.4) is 0 Å². The lowest BCUT2D eigenvalue weighted by atomic mass is 9.94. The van der Waals surface area contributed by atoms with Crippen molar-refractivity contribution in [1.29, 1.82) is 0 Å². The van der Waals surface area contributed by atoms with Gasteiger partial charge >= 0.3 is 6.09 Å². The van der Waals surface area contributed by atoms with E-state index in [9.17, 15) is 14.4 Å². The zero-order chi connectivity index (χ0) is 24.8. The topological polar surface area (TPSA) is 97.6 Å². The Morgan fingerprint density at radius 3 is 2.23 bits per heavy atom. The minimum Gasteiger partial charge on any atom is -0.466 e. The van der Waals surface area contributed by atoms with Gasteiger partial charge in [0.25, 0.3) is 0 Å². The van der Waals surface area contributed by atoms with Crippen LogP contribution < -0.4 is 10.6 Å². The third-order valence-corrected chi connectivity index (χ3v) is 5.99. The highest BCUT2D eigenvalue weighted by molar-refractivity contribution is 5.89. The molecule has 1 heterocycles. The number of furan rings is 1. The first-order valence-corrected chi connectivity index (χ1v) is 11.6. The molecule has 2 N–H and O–H groups in total. The number of carbonyl (C=O) groups excluding carboxylic acids is 3. The summed E-state index contributed by atoms with van der Waals surface area (Å²) in [7, 11) is 0. The summed E-state index contributed by atoms with van der Waals surface area (Å²) in [6.07, 6.45) is 1.52. The summed E-state index contributed by atoms with van der Waals surface area (Å²) < 4.78 is 10.9. The molecule has 0 fully saturated rings. The van der Waals surface area contributed by atoms with Crippen LogP contribution in [0.2, 0.25) is 0 Å². The van der Waals surface area contributed by atoms with Gasteiger partial charge in [-0.3, -0.25) is 4.79 Å². The van der Waals surface area contributed by atoms with Crippen LogP contribution in [0.4, 0.5) is 4.79 Å². The Bertz CT molecular complexity index is 1210. The average molecular weight is 473 g/mol. The number of alkyl carbamates (subject to hydrolysis) is 1. The smallest absolute Gasteiger partial charge is 0.408 e. The lowest BCUT2D eigenvalue weighted by Gasteiger charge is -2.25. The van der Waals surface area contributed by atoms with Crippen molar-refractivity contribution in [2.45, 2.75) is 44.9 Å². The van der Waals surface area contributed by atoms with E-state index < -0.39 is 23.6 Å². The summed E-state index contributed by atoms with van der Waals surface area (Å²) in [4.78, 5) is 38.0. The van der Waals surface area contributed by atoms with Crippen LogP contribution in [0.15, 0.2) is 83.0 Å². The van der Waals surface area contributed by atoms with E-state index in [0.717, 1.165) is 16.7 Å². The maximum atomic E-state index is 13.4. The molecule has 2 amide bonds. The Labute approximate surface area is 204 Å². The molecule has 35 heavy (non-hydrogen) atoms. The largest absolute Gasteiger partial charge is 0.466 e. The first-order chi connectivity index (χ1) is 16.9. The molecule has 2 aromatic carbocycles. The van der Waals surface area contributed by atoms with Gasteiger partial charge in [-0.25, -0.2) is 9.59 Å². The summed E-state index contributed by atoms with van der Waals surface area (Å²) in [6.45, 7) is 4.01. The van der Waals surface area contributed by atoms with Crippen molar-refractivity contribution in [2.24, 2.45) is 5.92 Å². The fourth-order valence-electron chi connectivity index (χ4n) is 4.23. The van der Waals surface area contributed by atoms with E-state index in [0.29, 0.717) is 24.2 Å². The Balaban J connectivity index is 1.48. The van der Waals surface area contributed by atoms with Gasteiger partial charge in [0.05, 0.1) is 11.8 Å². The summed E-state index contributed by atoms with van der Waals surface area (Å²) in [5, 5.41) is 5.65. The first kappa shape index (κ1) is 24.0. The molecule has 0 radical (unpaired) electrons. The normalized spacial score (nSPS) is 16.5. The van der Waals surface area contributed by atoms with Gasteiger partial charge in [-0.2, -0.15) is 0 Å². The van der Waals surface area contributed by atoms with Gasteiger partial charge in [-0.05, 0) is 29.5 Å². The quantitative estimate of drug-likeness (QED) is 0.429. The number of hydrogen-bond acceptors (Lipinski definition) is 5. The standard InChI is InChI=1S/C28H28N2O5/c1-19(2)15-24(29-27(33)35-18-21-11-7-4-8-12-21)26(32)30-28(23-13-14-34-25(23)28)22(17-31)16-20-9-5-3-6-10-20/h3-14,19,24H,15-16,18H2,1-2H3,(H,29,33)(H,30,32)/t24-,28+/m0/s1. The molecule has 180 valence electrons. The van der Waals surface area contributed by atoms with Gasteiger partial charge in [0.1, 0.15) is 24.4 Å². The number of carbonyl (C=O) groups is 2. The predicted octanol–water partition coefficient (Wildman–Crippen LogP) is 4.29. The van der Waals surface area contributed by atoms with Crippen LogP contribution in [0, 0.1) is 5.92 Å². The molecule has 7 heteroatoms. The molecule has 1 aromatic heterocycles. The maximum absolute atomic E-state index is 13.4. The first-order valence-electron chi connectivity index (χ1n) is 11.6. The Morgan fingerprint density at radius 2 is 1.66 bits per heavy atom. The molecule has 0 spiro atoms. The lowest BCUT2D eigenvalue weighted by molar-refractivity contribution is -0.124. The van der Waals surface area contributed by atoms with Crippen molar-refractivity contribution < 1.29 is 23.5 Å². The van der Waals surface area contributed by atoms with Crippen molar-refractivity contribution in [2.75, 3.05) is 0 Å². The number of fused-ring (bicyclic) bond motifs is 1. The van der Waals surface area contributed by atoms with Crippen molar-refractivity contribution in [1.82, 2.24) is 10.6 Å². The molecule has 1 aliphatic carbocycles. The van der Waals surface area contributed by atoms with E-state index in [1.54, 1.807) is 6.07 Å². The molecular weight excluding hydrogens is 444 g/mol. The highest BCUT2D eigenvalue weighted by atomic mass is 16.5. The zero-order valence-corrected chi connectivity index (χ0v) is 19.7. The molecule has 7 nitrogen and oxygen atoms in total. The number of nitrogens with one attached hydrogen (secondary N) is 2. The van der Waals surface area contributed by atoms with Crippen molar-refractivity contribution >= 4 is 17.9 Å². The van der Waals surface area contributed by atoms with Crippen LogP contribution in [0.25, 0.3) is 0 Å². The summed E-state index contributed by atoms with van der Waals surface area (Å²) in [5.74, 6) is 2.23. The number of benzene rings is 2. The third-order valence-electron chi connectivity index (χ3n) is 5.99. The lowest BCUT2D eigenvalue weighted by Crippen LogP contribution is -2.51. The van der Waals surface area contributed by atoms with E-state index in [-0.39, 0.29) is 12.5 Å². The molecule has 0 bridgehead atoms. The molecule has 3 aromatic rings. The molecule has 0 unspecified atom stereocenters. The molecule has 1 aliphatic rings. The van der Waals surface area contributed by atoms with Gasteiger partial charge in [-0.15, -0.1) is 0 Å². The third kappa shape index (κ3) is 5.36. The van der Waals surface area contributed by atoms with E-state index in [1.165, 1.54) is 6.26 Å². The number of amides is 2. The Hall–Kier alpha value is -4.09. The highest BCUT2D eigenvalue weighted by Crippen LogP contribution is 2.53. The SMILES string of the molecule is CC(C)C[C@H](NC(=O)OCc1ccccc1)C(=O)N[C@]1(C(=C=O)Cc2ccccc2)c2ccoc21. The monoisotopic (exact) mass is 472 g/mol. The fourth-order valence-corrected chi connectivity index (χ4v) is 4.23. The van der Waals surface area contributed by atoms with Crippen LogP contribution in [0.5, 0.6) is 0 Å². The van der Waals surface area contributed by atoms with Crippen LogP contribution in [0.1, 0.15) is 42.7 Å². The molecule has 0 aliphatic heterocycles. The number of hydrogen-bond donors (Lipinski definition) is 2. The van der Waals surface area contributed by atoms with Gasteiger partial charge in [-0.1, -0.05) is 74.5 Å². The Morgan fingerprint density at radius 1 is 1.00 bits per heavy atom. The predicted molar refractivity (Wildman–Crippen MR) is 130 cm³/mol. The molecular formula is C28H28N2O5. The molecule has 2 atom stereocenters. The second-order valence-electron chi connectivity index (χ2n) is 9.03. The van der Waals surface area contributed by atoms with E-state index in [4.69, 9.17) is 9.15 Å². The number of ether oxygens (including phenoxy) is 1. The summed E-state index contributed by atoms with van der Waals surface area (Å²) >= 11 is 0. The van der Waals surface area contributed by atoms with E-state index in [1.807, 2.05) is 80.5 Å². The minimum absolute atomic E-state index is 0.0935. The highest BCUT2D eigenvalue weighted by Gasteiger charge is 2.60. The minimum atomic E-state index is -1.14. The van der Waals surface area contributed by atoms with Gasteiger partial charge < -0.3 is 19.8 Å². The molecule has 0 saturated carbocycles. The van der Waals surface area contributed by atoms with Crippen molar-refractivity contribution in [3.05, 3.63) is 101 Å². The summed E-state index contributed by atoms with van der Waals surface area (Å²) in [5.41, 5.74) is 1.68. The van der Waals surface area contributed by atoms with Gasteiger partial charge in [0.2, 0.25) is 5.91 Å². The zero-order valence-electron chi connectivity index (χ0n) is 19.7. The van der Waals surface area contributed by atoms with Gasteiger partial charge in [0, 0.05) is 12.0 Å².